The summed E-state index contributed by atoms with van der Waals surface area (Å²) in [6, 6.07) is 5.62. The lowest BCUT2D eigenvalue weighted by atomic mass is 10.2. The fraction of sp³-hybridized carbons (Fsp3) is 0.500. The van der Waals surface area contributed by atoms with Crippen LogP contribution in [0.1, 0.15) is 13.8 Å². The van der Waals surface area contributed by atoms with E-state index >= 15 is 0 Å². The number of guanidine groups is 1. The van der Waals surface area contributed by atoms with E-state index in [4.69, 9.17) is 0 Å². The van der Waals surface area contributed by atoms with Gasteiger partial charge in [0.25, 0.3) is 0 Å². The molecule has 0 bridgehead atoms. The van der Waals surface area contributed by atoms with Crippen molar-refractivity contribution in [3.63, 3.8) is 0 Å². The summed E-state index contributed by atoms with van der Waals surface area (Å²) >= 11 is 0. The van der Waals surface area contributed by atoms with Crippen molar-refractivity contribution in [2.75, 3.05) is 37.8 Å². The minimum atomic E-state index is -3.15. The van der Waals surface area contributed by atoms with Crippen LogP contribution in [0.3, 0.4) is 0 Å². The summed E-state index contributed by atoms with van der Waals surface area (Å²) in [6.45, 7) is 3.90. The van der Waals surface area contributed by atoms with Crippen LogP contribution in [-0.4, -0.2) is 62.4 Å². The predicted octanol–water partition coefficient (Wildman–Crippen LogP) is 0.849. The Bertz CT molecular complexity index is 777. The molecule has 25 heavy (non-hydrogen) atoms. The summed E-state index contributed by atoms with van der Waals surface area (Å²) in [5, 5.41) is 5.50. The Balaban J connectivity index is 1.93. The van der Waals surface area contributed by atoms with Gasteiger partial charge in [-0.2, -0.15) is 0 Å². The molecule has 138 valence electrons. The van der Waals surface area contributed by atoms with Crippen molar-refractivity contribution in [1.82, 2.24) is 10.2 Å². The van der Waals surface area contributed by atoms with Crippen LogP contribution in [0.2, 0.25) is 0 Å². The fourth-order valence-electron chi connectivity index (χ4n) is 2.59. The number of hydrogen-bond acceptors (Lipinski definition) is 4. The minimum absolute atomic E-state index is 0.0379. The molecule has 1 aliphatic heterocycles. The number of rotatable bonds is 3. The number of halogens is 1. The molecule has 1 amide bonds. The molecular formula is C16H23FN4O3S. The molecule has 0 aromatic heterocycles. The van der Waals surface area contributed by atoms with E-state index < -0.39 is 20.4 Å². The van der Waals surface area contributed by atoms with Gasteiger partial charge in [-0.15, -0.1) is 0 Å². The van der Waals surface area contributed by atoms with Crippen LogP contribution >= 0.6 is 0 Å². The van der Waals surface area contributed by atoms with Crippen molar-refractivity contribution in [2.24, 2.45) is 4.99 Å². The van der Waals surface area contributed by atoms with E-state index in [1.807, 2.05) is 4.90 Å². The minimum Gasteiger partial charge on any atom is -0.347 e. The Morgan fingerprint density at radius 2 is 2.12 bits per heavy atom. The van der Waals surface area contributed by atoms with Gasteiger partial charge in [0, 0.05) is 25.8 Å². The third kappa shape index (κ3) is 4.68. The molecule has 0 saturated carbocycles. The van der Waals surface area contributed by atoms with Crippen molar-refractivity contribution in [3.8, 4) is 0 Å². The van der Waals surface area contributed by atoms with E-state index in [0.29, 0.717) is 24.7 Å². The number of anilines is 1. The first kappa shape index (κ1) is 19.2. The zero-order valence-corrected chi connectivity index (χ0v) is 15.4. The van der Waals surface area contributed by atoms with Gasteiger partial charge in [0.05, 0.1) is 17.0 Å². The summed E-state index contributed by atoms with van der Waals surface area (Å²) in [5.74, 6) is -0.290. The van der Waals surface area contributed by atoms with Crippen LogP contribution in [0.5, 0.6) is 0 Å². The van der Waals surface area contributed by atoms with Crippen molar-refractivity contribution in [3.05, 3.63) is 30.1 Å². The Morgan fingerprint density at radius 1 is 1.40 bits per heavy atom. The van der Waals surface area contributed by atoms with E-state index in [1.165, 1.54) is 18.2 Å². The zero-order chi connectivity index (χ0) is 18.7. The highest BCUT2D eigenvalue weighted by atomic mass is 32.2. The molecule has 0 spiro atoms. The van der Waals surface area contributed by atoms with E-state index in [0.717, 1.165) is 0 Å². The van der Waals surface area contributed by atoms with Crippen LogP contribution < -0.4 is 10.6 Å². The number of hydrogen-bond donors (Lipinski definition) is 2. The van der Waals surface area contributed by atoms with Gasteiger partial charge in [-0.3, -0.25) is 9.79 Å². The molecule has 0 unspecified atom stereocenters. The molecule has 1 aliphatic rings. The lowest BCUT2D eigenvalue weighted by molar-refractivity contribution is -0.115. The maximum absolute atomic E-state index is 13.1. The van der Waals surface area contributed by atoms with Gasteiger partial charge in [-0.1, -0.05) is 6.07 Å². The first-order valence-corrected chi connectivity index (χ1v) is 9.53. The summed E-state index contributed by atoms with van der Waals surface area (Å²) < 4.78 is 36.4. The van der Waals surface area contributed by atoms with Crippen LogP contribution in [0.4, 0.5) is 10.1 Å². The number of amides is 1. The lowest BCUT2D eigenvalue weighted by Crippen LogP contribution is -2.57. The maximum atomic E-state index is 13.1. The van der Waals surface area contributed by atoms with Crippen LogP contribution in [-0.2, 0) is 14.6 Å². The number of sulfone groups is 1. The molecule has 0 aliphatic carbocycles. The topological polar surface area (TPSA) is 90.9 Å². The number of benzene rings is 1. The molecule has 1 aromatic carbocycles. The first-order chi connectivity index (χ1) is 11.6. The van der Waals surface area contributed by atoms with Gasteiger partial charge < -0.3 is 15.5 Å². The highest BCUT2D eigenvalue weighted by Crippen LogP contribution is 2.23. The van der Waals surface area contributed by atoms with E-state index in [2.05, 4.69) is 15.6 Å². The molecule has 1 saturated heterocycles. The SMILES string of the molecule is CN=C(NCC(=O)Nc1cccc(F)c1)N1CCS(=O)(=O)C(C)(C)C1. The van der Waals surface area contributed by atoms with Crippen LogP contribution in [0.25, 0.3) is 0 Å². The largest absolute Gasteiger partial charge is 0.347 e. The molecule has 2 rings (SSSR count). The normalized spacial score (nSPS) is 19.4. The van der Waals surface area contributed by atoms with Gasteiger partial charge in [0.2, 0.25) is 5.91 Å². The lowest BCUT2D eigenvalue weighted by Gasteiger charge is -2.39. The van der Waals surface area contributed by atoms with Crippen LogP contribution in [0, 0.1) is 5.82 Å². The maximum Gasteiger partial charge on any atom is 0.243 e. The molecule has 1 aromatic rings. The third-order valence-corrected chi connectivity index (χ3v) is 6.60. The predicted molar refractivity (Wildman–Crippen MR) is 95.8 cm³/mol. The van der Waals surface area contributed by atoms with Crippen LogP contribution in [0.15, 0.2) is 29.3 Å². The van der Waals surface area contributed by atoms with Crippen molar-refractivity contribution in [2.45, 2.75) is 18.6 Å². The second-order valence-corrected chi connectivity index (χ2v) is 9.20. The fourth-order valence-corrected chi connectivity index (χ4v) is 3.95. The molecule has 0 radical (unpaired) electrons. The Hall–Kier alpha value is -2.16. The van der Waals surface area contributed by atoms with Gasteiger partial charge in [-0.25, -0.2) is 12.8 Å². The second-order valence-electron chi connectivity index (χ2n) is 6.46. The Morgan fingerprint density at radius 3 is 2.72 bits per heavy atom. The quantitative estimate of drug-likeness (QED) is 0.608. The second kappa shape index (κ2) is 7.38. The number of aliphatic imine (C=N–C) groups is 1. The van der Waals surface area contributed by atoms with Gasteiger partial charge in [0.1, 0.15) is 5.82 Å². The highest BCUT2D eigenvalue weighted by Gasteiger charge is 2.40. The van der Waals surface area contributed by atoms with Crippen molar-refractivity contribution < 1.29 is 17.6 Å². The number of carbonyl (C=O) groups is 1. The summed E-state index contributed by atoms with van der Waals surface area (Å²) in [5.41, 5.74) is 0.368. The van der Waals surface area contributed by atoms with Gasteiger partial charge in [0.15, 0.2) is 15.8 Å². The molecule has 1 fully saturated rings. The molecule has 2 N–H and O–H groups in total. The molecule has 7 nitrogen and oxygen atoms in total. The summed E-state index contributed by atoms with van der Waals surface area (Å²) in [6.07, 6.45) is 0. The molecule has 1 heterocycles. The molecule has 0 atom stereocenters. The summed E-state index contributed by atoms with van der Waals surface area (Å²) in [7, 11) is -1.58. The monoisotopic (exact) mass is 370 g/mol. The van der Waals surface area contributed by atoms with Crippen molar-refractivity contribution >= 4 is 27.4 Å². The van der Waals surface area contributed by atoms with Crippen molar-refractivity contribution in [1.29, 1.82) is 0 Å². The zero-order valence-electron chi connectivity index (χ0n) is 14.5. The third-order valence-electron chi connectivity index (χ3n) is 4.07. The standard InChI is InChI=1S/C16H23FN4O3S/c1-16(2)11-21(7-8-25(16,23)24)15(18-3)19-10-14(22)20-13-6-4-5-12(17)9-13/h4-6,9H,7-8,10-11H2,1-3H3,(H,18,19)(H,20,22). The molecule has 9 heteroatoms. The van der Waals surface area contributed by atoms with E-state index in [-0.39, 0.29) is 18.2 Å². The van der Waals surface area contributed by atoms with Gasteiger partial charge >= 0.3 is 0 Å². The first-order valence-electron chi connectivity index (χ1n) is 7.88. The number of nitrogens with one attached hydrogen (secondary N) is 2. The number of nitrogens with zero attached hydrogens (tertiary/aromatic N) is 2. The van der Waals surface area contributed by atoms with Gasteiger partial charge in [-0.05, 0) is 32.0 Å². The smallest absolute Gasteiger partial charge is 0.243 e. The van der Waals surface area contributed by atoms with E-state index in [9.17, 15) is 17.6 Å². The Kier molecular flexibility index (Phi) is 5.66. The highest BCUT2D eigenvalue weighted by molar-refractivity contribution is 7.92. The summed E-state index contributed by atoms with van der Waals surface area (Å²) in [4.78, 5) is 17.9. The van der Waals surface area contributed by atoms with E-state index in [1.54, 1.807) is 27.0 Å². The average molecular weight is 370 g/mol. The molecular weight excluding hydrogens is 347 g/mol. The average Bonchev–Trinajstić information content (AvgIpc) is 2.51. The Labute approximate surface area is 147 Å². The number of carbonyl (C=O) groups excluding carboxylic acids is 1.